The fourth-order valence-electron chi connectivity index (χ4n) is 6.67. The van der Waals surface area contributed by atoms with Crippen LogP contribution >= 0.6 is 0 Å². The molecule has 0 amide bonds. The van der Waals surface area contributed by atoms with Crippen molar-refractivity contribution in [2.24, 2.45) is 35.5 Å². The second-order valence-corrected chi connectivity index (χ2v) is 10.5. The molecule has 3 rings (SSSR count). The summed E-state index contributed by atoms with van der Waals surface area (Å²) in [5.74, 6) is 6.12. The highest BCUT2D eigenvalue weighted by Gasteiger charge is 2.33. The van der Waals surface area contributed by atoms with E-state index in [9.17, 15) is 0 Å². The summed E-state index contributed by atoms with van der Waals surface area (Å²) in [6.45, 7) is 4.67. The van der Waals surface area contributed by atoms with Crippen molar-refractivity contribution in [2.45, 2.75) is 123 Å². The largest absolute Gasteiger partial charge is 0.0851 e. The van der Waals surface area contributed by atoms with Gasteiger partial charge in [-0.05, 0) is 93.3 Å². The third-order valence-electron chi connectivity index (χ3n) is 8.63. The summed E-state index contributed by atoms with van der Waals surface area (Å²) < 4.78 is 0. The molecule has 2 atom stereocenters. The number of hydrogen-bond acceptors (Lipinski definition) is 0. The van der Waals surface area contributed by atoms with Gasteiger partial charge in [0.15, 0.2) is 0 Å². The van der Waals surface area contributed by atoms with Gasteiger partial charge in [0.05, 0.1) is 0 Å². The minimum atomic E-state index is 0.909. The van der Waals surface area contributed by atoms with E-state index in [0.29, 0.717) is 0 Å². The maximum Gasteiger partial charge on any atom is -0.0205 e. The van der Waals surface area contributed by atoms with Gasteiger partial charge in [-0.2, -0.15) is 0 Å². The van der Waals surface area contributed by atoms with Crippen LogP contribution in [0.4, 0.5) is 0 Å². The molecule has 2 saturated carbocycles. The Kier molecular flexibility index (Phi) is 9.27. The lowest BCUT2D eigenvalue weighted by atomic mass is 9.66. The molecule has 0 heteroatoms. The molecule has 0 saturated heterocycles. The van der Waals surface area contributed by atoms with Crippen LogP contribution in [0, 0.1) is 35.5 Å². The van der Waals surface area contributed by atoms with Gasteiger partial charge < -0.3 is 0 Å². The van der Waals surface area contributed by atoms with E-state index in [4.69, 9.17) is 0 Å². The first-order valence-corrected chi connectivity index (χ1v) is 13.0. The average molecular weight is 373 g/mol. The van der Waals surface area contributed by atoms with Gasteiger partial charge in [0.1, 0.15) is 0 Å². The summed E-state index contributed by atoms with van der Waals surface area (Å²) in [5.41, 5.74) is 0. The number of unbranched alkanes of at least 4 members (excludes halogenated alkanes) is 3. The van der Waals surface area contributed by atoms with Gasteiger partial charge in [-0.25, -0.2) is 0 Å². The Morgan fingerprint density at radius 3 is 1.78 bits per heavy atom. The molecule has 2 fully saturated rings. The second-order valence-electron chi connectivity index (χ2n) is 10.5. The summed E-state index contributed by atoms with van der Waals surface area (Å²) in [4.78, 5) is 0. The van der Waals surface area contributed by atoms with Gasteiger partial charge in [-0.3, -0.25) is 0 Å². The van der Waals surface area contributed by atoms with E-state index in [-0.39, 0.29) is 0 Å². The number of rotatable bonds is 9. The van der Waals surface area contributed by atoms with E-state index in [1.165, 1.54) is 70.6 Å². The summed E-state index contributed by atoms with van der Waals surface area (Å²) >= 11 is 0. The first-order chi connectivity index (χ1) is 13.3. The Labute approximate surface area is 171 Å². The molecule has 27 heavy (non-hydrogen) atoms. The van der Waals surface area contributed by atoms with Crippen LogP contribution in [-0.2, 0) is 0 Å². The summed E-state index contributed by atoms with van der Waals surface area (Å²) in [5, 5.41) is 0. The van der Waals surface area contributed by atoms with E-state index in [2.05, 4.69) is 26.0 Å². The van der Waals surface area contributed by atoms with Crippen molar-refractivity contribution in [1.82, 2.24) is 0 Å². The minimum Gasteiger partial charge on any atom is -0.0851 e. The topological polar surface area (TPSA) is 0 Å². The maximum absolute atomic E-state index is 2.66. The van der Waals surface area contributed by atoms with Crippen LogP contribution in [0.1, 0.15) is 123 Å². The highest BCUT2D eigenvalue weighted by molar-refractivity contribution is 5.01. The van der Waals surface area contributed by atoms with Crippen LogP contribution in [-0.4, -0.2) is 0 Å². The molecule has 0 N–H and O–H groups in total. The highest BCUT2D eigenvalue weighted by Crippen LogP contribution is 2.45. The lowest BCUT2D eigenvalue weighted by Gasteiger charge is -2.40. The third-order valence-corrected chi connectivity index (χ3v) is 8.63. The summed E-state index contributed by atoms with van der Waals surface area (Å²) in [6, 6.07) is 0. The molecular formula is C27H48. The SMILES string of the molecule is CCCCCC1C=CC(C2CCC([C@H]3CC[C@H](CCCC)CC3)CC2)CC1. The monoisotopic (exact) mass is 372 g/mol. The molecule has 0 radical (unpaired) electrons. The molecule has 0 aromatic carbocycles. The third kappa shape index (κ3) is 6.64. The first-order valence-electron chi connectivity index (χ1n) is 13.0. The van der Waals surface area contributed by atoms with Crippen molar-refractivity contribution in [3.63, 3.8) is 0 Å². The van der Waals surface area contributed by atoms with Gasteiger partial charge in [-0.1, -0.05) is 77.4 Å². The lowest BCUT2D eigenvalue weighted by molar-refractivity contribution is 0.127. The van der Waals surface area contributed by atoms with Crippen molar-refractivity contribution < 1.29 is 0 Å². The molecule has 3 aliphatic rings. The molecule has 0 aromatic heterocycles. The van der Waals surface area contributed by atoms with Gasteiger partial charge in [0.2, 0.25) is 0 Å². The smallest absolute Gasteiger partial charge is 0.0205 e. The molecule has 0 nitrogen and oxygen atoms in total. The van der Waals surface area contributed by atoms with Crippen molar-refractivity contribution >= 4 is 0 Å². The first kappa shape index (κ1) is 21.4. The fraction of sp³-hybridized carbons (Fsp3) is 0.926. The van der Waals surface area contributed by atoms with Crippen LogP contribution in [0.3, 0.4) is 0 Å². The lowest BCUT2D eigenvalue weighted by Crippen LogP contribution is -2.28. The Bertz CT molecular complexity index is 406. The maximum atomic E-state index is 2.66. The minimum absolute atomic E-state index is 0.909. The Hall–Kier alpha value is -0.260. The van der Waals surface area contributed by atoms with E-state index in [1.807, 2.05) is 0 Å². The molecule has 0 spiro atoms. The van der Waals surface area contributed by atoms with Crippen LogP contribution < -0.4 is 0 Å². The Balaban J connectivity index is 1.34. The van der Waals surface area contributed by atoms with Crippen LogP contribution in [0.2, 0.25) is 0 Å². The van der Waals surface area contributed by atoms with E-state index < -0.39 is 0 Å². The zero-order chi connectivity index (χ0) is 18.9. The van der Waals surface area contributed by atoms with Crippen molar-refractivity contribution in [1.29, 1.82) is 0 Å². The predicted molar refractivity (Wildman–Crippen MR) is 120 cm³/mol. The predicted octanol–water partition coefficient (Wildman–Crippen LogP) is 8.95. The fourth-order valence-corrected chi connectivity index (χ4v) is 6.67. The second kappa shape index (κ2) is 11.7. The van der Waals surface area contributed by atoms with Crippen molar-refractivity contribution in [2.75, 3.05) is 0 Å². The average Bonchev–Trinajstić information content (AvgIpc) is 2.73. The van der Waals surface area contributed by atoms with E-state index in [1.54, 1.807) is 38.5 Å². The number of hydrogen-bond donors (Lipinski definition) is 0. The molecule has 0 aromatic rings. The molecular weight excluding hydrogens is 324 g/mol. The highest BCUT2D eigenvalue weighted by atomic mass is 14.4. The molecule has 156 valence electrons. The zero-order valence-electron chi connectivity index (χ0n) is 18.6. The van der Waals surface area contributed by atoms with Crippen LogP contribution in [0.5, 0.6) is 0 Å². The molecule has 0 aliphatic heterocycles. The number of allylic oxidation sites excluding steroid dienone is 2. The standard InChI is InChI=1S/C27H48/c1-3-5-7-9-23-12-16-25(17-13-23)27-20-18-26(19-21-27)24-14-10-22(11-15-24)8-6-4-2/h12,16,22-27H,3-11,13-15,17-21H2,1-2H3/t22-,23?,24-,25?,26?,27?. The Morgan fingerprint density at radius 2 is 1.19 bits per heavy atom. The quantitative estimate of drug-likeness (QED) is 0.280. The molecule has 2 unspecified atom stereocenters. The van der Waals surface area contributed by atoms with Gasteiger partial charge >= 0.3 is 0 Å². The molecule has 0 heterocycles. The zero-order valence-corrected chi connectivity index (χ0v) is 18.6. The van der Waals surface area contributed by atoms with E-state index >= 15 is 0 Å². The van der Waals surface area contributed by atoms with Gasteiger partial charge in [0, 0.05) is 0 Å². The van der Waals surface area contributed by atoms with Crippen molar-refractivity contribution in [3.05, 3.63) is 12.2 Å². The van der Waals surface area contributed by atoms with Gasteiger partial charge in [-0.15, -0.1) is 0 Å². The summed E-state index contributed by atoms with van der Waals surface area (Å²) in [6.07, 6.45) is 30.7. The normalized spacial score (nSPS) is 37.4. The van der Waals surface area contributed by atoms with Crippen LogP contribution in [0.25, 0.3) is 0 Å². The van der Waals surface area contributed by atoms with Crippen molar-refractivity contribution in [3.8, 4) is 0 Å². The van der Waals surface area contributed by atoms with E-state index in [0.717, 1.165) is 35.5 Å². The van der Waals surface area contributed by atoms with Gasteiger partial charge in [0.25, 0.3) is 0 Å². The van der Waals surface area contributed by atoms with Crippen LogP contribution in [0.15, 0.2) is 12.2 Å². The summed E-state index contributed by atoms with van der Waals surface area (Å²) in [7, 11) is 0. The molecule has 0 bridgehead atoms. The molecule has 3 aliphatic carbocycles. The Morgan fingerprint density at radius 1 is 0.556 bits per heavy atom.